The van der Waals surface area contributed by atoms with Gasteiger partial charge in [-0.25, -0.2) is 0 Å². The third kappa shape index (κ3) is 2.24. The van der Waals surface area contributed by atoms with E-state index in [0.717, 1.165) is 21.4 Å². The van der Waals surface area contributed by atoms with Crippen LogP contribution >= 0.6 is 22.9 Å². The van der Waals surface area contributed by atoms with Crippen LogP contribution in [0.1, 0.15) is 26.9 Å². The van der Waals surface area contributed by atoms with Crippen molar-refractivity contribution < 1.29 is 0 Å². The zero-order chi connectivity index (χ0) is 14.3. The Morgan fingerprint density at radius 1 is 1.05 bits per heavy atom. The van der Waals surface area contributed by atoms with Crippen LogP contribution in [0.25, 0.3) is 10.8 Å². The molecule has 0 amide bonds. The van der Waals surface area contributed by atoms with E-state index in [0.29, 0.717) is 0 Å². The molecule has 0 saturated heterocycles. The molecule has 1 heterocycles. The minimum absolute atomic E-state index is 0.102. The summed E-state index contributed by atoms with van der Waals surface area (Å²) in [5.41, 5.74) is 8.92. The summed E-state index contributed by atoms with van der Waals surface area (Å²) in [6.07, 6.45) is 0. The van der Waals surface area contributed by atoms with Crippen molar-refractivity contribution in [3.05, 3.63) is 68.4 Å². The summed E-state index contributed by atoms with van der Waals surface area (Å²) < 4.78 is 0. The number of aryl methyl sites for hydroxylation is 2. The van der Waals surface area contributed by atoms with E-state index in [1.54, 1.807) is 11.3 Å². The maximum atomic E-state index is 6.48. The molecule has 0 spiro atoms. The molecule has 0 fully saturated rings. The van der Waals surface area contributed by atoms with Gasteiger partial charge >= 0.3 is 0 Å². The number of halogens is 1. The van der Waals surface area contributed by atoms with Gasteiger partial charge in [-0.05, 0) is 42.5 Å². The molecule has 102 valence electrons. The number of thiophene rings is 1. The average Bonchev–Trinajstić information content (AvgIpc) is 2.79. The number of fused-ring (bicyclic) bond motifs is 1. The summed E-state index contributed by atoms with van der Waals surface area (Å²) in [7, 11) is 0. The maximum absolute atomic E-state index is 6.48. The van der Waals surface area contributed by atoms with Gasteiger partial charge in [0.2, 0.25) is 0 Å². The zero-order valence-electron chi connectivity index (χ0n) is 11.5. The molecule has 3 rings (SSSR count). The first-order valence-electron chi connectivity index (χ1n) is 6.57. The van der Waals surface area contributed by atoms with E-state index in [1.807, 2.05) is 30.3 Å². The van der Waals surface area contributed by atoms with Crippen LogP contribution in [0.4, 0.5) is 0 Å². The molecule has 2 aromatic carbocycles. The third-order valence-corrected chi connectivity index (χ3v) is 5.30. The van der Waals surface area contributed by atoms with E-state index in [1.165, 1.54) is 15.3 Å². The van der Waals surface area contributed by atoms with Crippen molar-refractivity contribution in [1.29, 1.82) is 0 Å². The fraction of sp³-hybridized carbons (Fsp3) is 0.176. The fourth-order valence-electron chi connectivity index (χ4n) is 2.47. The molecule has 0 aliphatic rings. The van der Waals surface area contributed by atoms with Crippen LogP contribution in [0.2, 0.25) is 5.02 Å². The van der Waals surface area contributed by atoms with E-state index in [-0.39, 0.29) is 6.04 Å². The number of rotatable bonds is 2. The lowest BCUT2D eigenvalue weighted by Gasteiger charge is -2.14. The Morgan fingerprint density at radius 2 is 1.75 bits per heavy atom. The summed E-state index contributed by atoms with van der Waals surface area (Å²) in [5.74, 6) is 0. The molecule has 0 aliphatic carbocycles. The molecule has 1 nitrogen and oxygen atoms in total. The second-order valence-corrected chi connectivity index (χ2v) is 6.74. The first-order chi connectivity index (χ1) is 9.58. The average molecular weight is 302 g/mol. The van der Waals surface area contributed by atoms with Crippen molar-refractivity contribution in [2.45, 2.75) is 19.9 Å². The molecule has 2 N–H and O–H groups in total. The van der Waals surface area contributed by atoms with Gasteiger partial charge in [0.05, 0.1) is 6.04 Å². The molecule has 1 aromatic heterocycles. The lowest BCUT2D eigenvalue weighted by molar-refractivity contribution is 0.903. The summed E-state index contributed by atoms with van der Waals surface area (Å²) in [6, 6.07) is 14.2. The van der Waals surface area contributed by atoms with Gasteiger partial charge in [-0.2, -0.15) is 0 Å². The third-order valence-electron chi connectivity index (χ3n) is 3.73. The normalized spacial score (nSPS) is 12.8. The zero-order valence-corrected chi connectivity index (χ0v) is 13.1. The van der Waals surface area contributed by atoms with Crippen LogP contribution in [0, 0.1) is 13.8 Å². The van der Waals surface area contributed by atoms with Gasteiger partial charge in [-0.15, -0.1) is 11.3 Å². The quantitative estimate of drug-likeness (QED) is 0.690. The topological polar surface area (TPSA) is 26.0 Å². The lowest BCUT2D eigenvalue weighted by atomic mass is 9.98. The predicted octanol–water partition coefficient (Wildman–Crippen LogP) is 5.22. The number of benzene rings is 2. The molecule has 0 saturated carbocycles. The van der Waals surface area contributed by atoms with Gasteiger partial charge in [0.25, 0.3) is 0 Å². The van der Waals surface area contributed by atoms with Crippen molar-refractivity contribution in [1.82, 2.24) is 0 Å². The van der Waals surface area contributed by atoms with Crippen LogP contribution < -0.4 is 5.73 Å². The highest BCUT2D eigenvalue weighted by Gasteiger charge is 2.16. The van der Waals surface area contributed by atoms with E-state index in [9.17, 15) is 0 Å². The molecular weight excluding hydrogens is 286 g/mol. The number of hydrogen-bond acceptors (Lipinski definition) is 2. The van der Waals surface area contributed by atoms with E-state index < -0.39 is 0 Å². The van der Waals surface area contributed by atoms with E-state index >= 15 is 0 Å². The largest absolute Gasteiger partial charge is 0.320 e. The SMILES string of the molecule is Cc1cc(C(N)c2ccc(Cl)c3ccccc23)sc1C. The molecule has 0 radical (unpaired) electrons. The standard InChI is InChI=1S/C17H16ClNS/c1-10-9-16(20-11(10)2)17(19)14-7-8-15(18)13-6-4-3-5-12(13)14/h3-9,17H,19H2,1-2H3. The Kier molecular flexibility index (Phi) is 3.55. The molecule has 3 aromatic rings. The van der Waals surface area contributed by atoms with Crippen molar-refractivity contribution >= 4 is 33.7 Å². The second kappa shape index (κ2) is 5.21. The van der Waals surface area contributed by atoms with Crippen LogP contribution in [0.15, 0.2) is 42.5 Å². The monoisotopic (exact) mass is 301 g/mol. The number of nitrogens with two attached hydrogens (primary N) is 1. The van der Waals surface area contributed by atoms with Gasteiger partial charge in [-0.1, -0.05) is 41.9 Å². The predicted molar refractivity (Wildman–Crippen MR) is 88.8 cm³/mol. The van der Waals surface area contributed by atoms with Crippen LogP contribution in [-0.4, -0.2) is 0 Å². The molecule has 0 aliphatic heterocycles. The van der Waals surface area contributed by atoms with E-state index in [4.69, 9.17) is 17.3 Å². The molecule has 1 atom stereocenters. The van der Waals surface area contributed by atoms with Crippen molar-refractivity contribution in [3.63, 3.8) is 0 Å². The van der Waals surface area contributed by atoms with Gasteiger partial charge in [0.1, 0.15) is 0 Å². The summed E-state index contributed by atoms with van der Waals surface area (Å²) in [6.45, 7) is 4.26. The molecule has 0 bridgehead atoms. The Bertz CT molecular complexity index is 756. The van der Waals surface area contributed by atoms with Gasteiger partial charge < -0.3 is 5.73 Å². The Labute approximate surface area is 128 Å². The Balaban J connectivity index is 2.17. The van der Waals surface area contributed by atoms with Crippen LogP contribution in [0.5, 0.6) is 0 Å². The van der Waals surface area contributed by atoms with Gasteiger partial charge in [0.15, 0.2) is 0 Å². The minimum atomic E-state index is -0.102. The van der Waals surface area contributed by atoms with Crippen molar-refractivity contribution in [3.8, 4) is 0 Å². The van der Waals surface area contributed by atoms with Gasteiger partial charge in [-0.3, -0.25) is 0 Å². The first-order valence-corrected chi connectivity index (χ1v) is 7.77. The fourth-order valence-corrected chi connectivity index (χ4v) is 3.76. The number of hydrogen-bond donors (Lipinski definition) is 1. The lowest BCUT2D eigenvalue weighted by Crippen LogP contribution is -2.10. The van der Waals surface area contributed by atoms with E-state index in [2.05, 4.69) is 26.0 Å². The maximum Gasteiger partial charge on any atom is 0.0652 e. The minimum Gasteiger partial charge on any atom is -0.320 e. The Hall–Kier alpha value is -1.35. The van der Waals surface area contributed by atoms with Crippen molar-refractivity contribution in [2.24, 2.45) is 5.73 Å². The highest BCUT2D eigenvalue weighted by atomic mass is 35.5. The van der Waals surface area contributed by atoms with Gasteiger partial charge in [0, 0.05) is 20.2 Å². The highest BCUT2D eigenvalue weighted by molar-refractivity contribution is 7.12. The summed E-state index contributed by atoms with van der Waals surface area (Å²) >= 11 is 8.04. The van der Waals surface area contributed by atoms with Crippen molar-refractivity contribution in [2.75, 3.05) is 0 Å². The highest BCUT2D eigenvalue weighted by Crippen LogP contribution is 2.34. The molecular formula is C17H16ClNS. The molecule has 3 heteroatoms. The smallest absolute Gasteiger partial charge is 0.0652 e. The first kappa shape index (κ1) is 13.6. The Morgan fingerprint density at radius 3 is 2.40 bits per heavy atom. The molecule has 1 unspecified atom stereocenters. The van der Waals surface area contributed by atoms with Crippen LogP contribution in [0.3, 0.4) is 0 Å². The summed E-state index contributed by atoms with van der Waals surface area (Å²) in [5, 5.41) is 2.97. The van der Waals surface area contributed by atoms with Crippen LogP contribution in [-0.2, 0) is 0 Å². The second-order valence-electron chi connectivity index (χ2n) is 5.05. The summed E-state index contributed by atoms with van der Waals surface area (Å²) in [4.78, 5) is 2.53. The molecule has 20 heavy (non-hydrogen) atoms.